The number of aliphatic hydroxyl groups excluding tert-OH is 1. The Labute approximate surface area is 112 Å². The summed E-state index contributed by atoms with van der Waals surface area (Å²) in [6.07, 6.45) is 8.90. The molecule has 0 aromatic rings. The maximum Gasteiger partial charge on any atom is 0.0540 e. The second-order valence-corrected chi connectivity index (χ2v) is 8.55. The third-order valence-corrected chi connectivity index (χ3v) is 7.73. The topological polar surface area (TPSA) is 20.2 Å². The molecule has 0 saturated heterocycles. The molecule has 3 saturated carbocycles. The van der Waals surface area contributed by atoms with Crippen molar-refractivity contribution >= 4 is 0 Å². The molecular weight excluding hydrogens is 220 g/mol. The van der Waals surface area contributed by atoms with Crippen molar-refractivity contribution in [3.63, 3.8) is 0 Å². The van der Waals surface area contributed by atoms with Gasteiger partial charge < -0.3 is 5.11 Å². The first-order valence-corrected chi connectivity index (χ1v) is 7.98. The van der Waals surface area contributed by atoms with Gasteiger partial charge in [-0.15, -0.1) is 0 Å². The first kappa shape index (κ1) is 13.0. The van der Waals surface area contributed by atoms with Gasteiger partial charge in [-0.3, -0.25) is 0 Å². The van der Waals surface area contributed by atoms with E-state index >= 15 is 0 Å². The van der Waals surface area contributed by atoms with Gasteiger partial charge in [0.1, 0.15) is 0 Å². The molecule has 2 bridgehead atoms. The average molecular weight is 250 g/mol. The highest BCUT2D eigenvalue weighted by Crippen LogP contribution is 2.72. The van der Waals surface area contributed by atoms with Gasteiger partial charge in [0.15, 0.2) is 0 Å². The quantitative estimate of drug-likeness (QED) is 0.732. The fraction of sp³-hybridized carbons (Fsp3) is 1.00. The van der Waals surface area contributed by atoms with Crippen molar-refractivity contribution in [2.45, 2.75) is 78.7 Å². The summed E-state index contributed by atoms with van der Waals surface area (Å²) in [5.41, 5.74) is 1.59. The largest absolute Gasteiger partial charge is 0.393 e. The Morgan fingerprint density at radius 3 is 1.94 bits per heavy atom. The second kappa shape index (κ2) is 3.75. The number of aliphatic hydroxyl groups is 1. The summed E-state index contributed by atoms with van der Waals surface area (Å²) in [6.45, 7) is 10.1. The Bertz CT molecular complexity index is 338. The van der Waals surface area contributed by atoms with Crippen LogP contribution in [0.5, 0.6) is 0 Å². The Morgan fingerprint density at radius 1 is 0.889 bits per heavy atom. The maximum absolute atomic E-state index is 9.78. The number of hydrogen-bond donors (Lipinski definition) is 1. The van der Waals surface area contributed by atoms with Crippen molar-refractivity contribution in [1.82, 2.24) is 0 Å². The van der Waals surface area contributed by atoms with Crippen LogP contribution in [0.4, 0.5) is 0 Å². The van der Waals surface area contributed by atoms with Crippen LogP contribution in [0.15, 0.2) is 0 Å². The Morgan fingerprint density at radius 2 is 1.50 bits per heavy atom. The van der Waals surface area contributed by atoms with Gasteiger partial charge in [-0.1, -0.05) is 27.7 Å². The molecular formula is C17H30O. The number of fused-ring (bicyclic) bond motifs is 2. The molecule has 0 aliphatic heterocycles. The lowest BCUT2D eigenvalue weighted by Gasteiger charge is -2.50. The third kappa shape index (κ3) is 1.49. The summed E-state index contributed by atoms with van der Waals surface area (Å²) >= 11 is 0. The van der Waals surface area contributed by atoms with Gasteiger partial charge in [0, 0.05) is 0 Å². The van der Waals surface area contributed by atoms with E-state index in [0.29, 0.717) is 16.2 Å². The number of hydrogen-bond acceptors (Lipinski definition) is 1. The average Bonchev–Trinajstić information content (AvgIpc) is 2.65. The van der Waals surface area contributed by atoms with Crippen molar-refractivity contribution in [2.24, 2.45) is 28.1 Å². The van der Waals surface area contributed by atoms with E-state index in [4.69, 9.17) is 0 Å². The molecule has 3 fully saturated rings. The van der Waals surface area contributed by atoms with Crippen LogP contribution in [-0.4, -0.2) is 11.2 Å². The Kier molecular flexibility index (Phi) is 2.70. The standard InChI is InChI=1S/C17H30O/c1-15(2)12-5-10-17(15,4)14(11-12)16(3)8-6-13(18)7-9-16/h12-14,18H,5-11H2,1-4H3/t12-,13?,14+,16?,17+/m0/s1. The molecule has 1 N–H and O–H groups in total. The minimum Gasteiger partial charge on any atom is -0.393 e. The van der Waals surface area contributed by atoms with E-state index in [2.05, 4.69) is 27.7 Å². The molecule has 1 nitrogen and oxygen atoms in total. The van der Waals surface area contributed by atoms with Crippen LogP contribution in [0.3, 0.4) is 0 Å². The molecule has 0 aromatic heterocycles. The number of rotatable bonds is 1. The van der Waals surface area contributed by atoms with Crippen molar-refractivity contribution in [1.29, 1.82) is 0 Å². The lowest BCUT2D eigenvalue weighted by atomic mass is 9.55. The van der Waals surface area contributed by atoms with Gasteiger partial charge in [0.25, 0.3) is 0 Å². The molecule has 0 amide bonds. The van der Waals surface area contributed by atoms with Gasteiger partial charge in [-0.05, 0) is 73.0 Å². The summed E-state index contributed by atoms with van der Waals surface area (Å²) in [7, 11) is 0. The zero-order valence-electron chi connectivity index (χ0n) is 12.6. The van der Waals surface area contributed by atoms with Crippen LogP contribution in [0, 0.1) is 28.1 Å². The minimum atomic E-state index is -0.0162. The predicted molar refractivity (Wildman–Crippen MR) is 75.3 cm³/mol. The van der Waals surface area contributed by atoms with Crippen molar-refractivity contribution in [2.75, 3.05) is 0 Å². The first-order chi connectivity index (χ1) is 8.30. The monoisotopic (exact) mass is 250 g/mol. The van der Waals surface area contributed by atoms with E-state index in [1.807, 2.05) is 0 Å². The highest BCUT2D eigenvalue weighted by atomic mass is 16.3. The van der Waals surface area contributed by atoms with Gasteiger partial charge in [-0.25, -0.2) is 0 Å². The highest BCUT2D eigenvalue weighted by molar-refractivity contribution is 5.13. The third-order valence-electron chi connectivity index (χ3n) is 7.73. The zero-order valence-corrected chi connectivity index (χ0v) is 12.6. The van der Waals surface area contributed by atoms with Crippen LogP contribution in [0.25, 0.3) is 0 Å². The van der Waals surface area contributed by atoms with Crippen LogP contribution in [0.1, 0.15) is 72.6 Å². The molecule has 3 aliphatic rings. The first-order valence-electron chi connectivity index (χ1n) is 7.98. The predicted octanol–water partition coefficient (Wildman–Crippen LogP) is 4.39. The molecule has 0 unspecified atom stereocenters. The highest BCUT2D eigenvalue weighted by Gasteiger charge is 2.64. The van der Waals surface area contributed by atoms with Gasteiger partial charge in [-0.2, -0.15) is 0 Å². The normalized spacial score (nSPS) is 54.8. The SMILES string of the molecule is CC1([C@H]2C[C@@H]3CC[C@@]2(C)C3(C)C)CCC(O)CC1. The van der Waals surface area contributed by atoms with Crippen LogP contribution < -0.4 is 0 Å². The molecule has 0 spiro atoms. The van der Waals surface area contributed by atoms with E-state index in [1.54, 1.807) is 0 Å². The summed E-state index contributed by atoms with van der Waals surface area (Å²) in [6, 6.07) is 0. The molecule has 0 heterocycles. The minimum absolute atomic E-state index is 0.0162. The van der Waals surface area contributed by atoms with Crippen LogP contribution in [-0.2, 0) is 0 Å². The van der Waals surface area contributed by atoms with Crippen molar-refractivity contribution < 1.29 is 5.11 Å². The Hall–Kier alpha value is -0.0400. The van der Waals surface area contributed by atoms with E-state index in [-0.39, 0.29) is 6.10 Å². The van der Waals surface area contributed by atoms with Gasteiger partial charge in [0.05, 0.1) is 6.10 Å². The van der Waals surface area contributed by atoms with E-state index in [1.165, 1.54) is 32.1 Å². The van der Waals surface area contributed by atoms with E-state index in [9.17, 15) is 5.11 Å². The molecule has 3 aliphatic carbocycles. The summed E-state index contributed by atoms with van der Waals surface area (Å²) in [5, 5.41) is 9.78. The lowest BCUT2D eigenvalue weighted by Crippen LogP contribution is -2.43. The van der Waals surface area contributed by atoms with Crippen molar-refractivity contribution in [3.8, 4) is 0 Å². The van der Waals surface area contributed by atoms with E-state index in [0.717, 1.165) is 24.7 Å². The van der Waals surface area contributed by atoms with E-state index < -0.39 is 0 Å². The van der Waals surface area contributed by atoms with Gasteiger partial charge >= 0.3 is 0 Å². The molecule has 104 valence electrons. The fourth-order valence-electron chi connectivity index (χ4n) is 5.87. The molecule has 1 heteroatoms. The van der Waals surface area contributed by atoms with Gasteiger partial charge in [0.2, 0.25) is 0 Å². The molecule has 0 radical (unpaired) electrons. The van der Waals surface area contributed by atoms with Crippen molar-refractivity contribution in [3.05, 3.63) is 0 Å². The summed E-state index contributed by atoms with van der Waals surface area (Å²) < 4.78 is 0. The smallest absolute Gasteiger partial charge is 0.0540 e. The summed E-state index contributed by atoms with van der Waals surface area (Å²) in [5.74, 6) is 1.85. The molecule has 18 heavy (non-hydrogen) atoms. The Balaban J connectivity index is 1.86. The van der Waals surface area contributed by atoms with Crippen LogP contribution in [0.2, 0.25) is 0 Å². The molecule has 3 atom stereocenters. The summed E-state index contributed by atoms with van der Waals surface area (Å²) in [4.78, 5) is 0. The molecule has 0 aromatic carbocycles. The second-order valence-electron chi connectivity index (χ2n) is 8.55. The zero-order chi connectivity index (χ0) is 13.2. The fourth-order valence-corrected chi connectivity index (χ4v) is 5.87. The van der Waals surface area contributed by atoms with Crippen LogP contribution >= 0.6 is 0 Å². The maximum atomic E-state index is 9.78. The lowest BCUT2D eigenvalue weighted by molar-refractivity contribution is -0.0303. The molecule has 3 rings (SSSR count).